The second kappa shape index (κ2) is 11.9. The van der Waals surface area contributed by atoms with E-state index in [9.17, 15) is 0 Å². The van der Waals surface area contributed by atoms with Gasteiger partial charge in [0.15, 0.2) is 5.82 Å². The number of aliphatic imine (C=N–C) groups is 1. The van der Waals surface area contributed by atoms with E-state index in [2.05, 4.69) is 139 Å². The van der Waals surface area contributed by atoms with Crippen LogP contribution < -0.4 is 5.32 Å². The van der Waals surface area contributed by atoms with Crippen LogP contribution in [0.15, 0.2) is 163 Å². The highest BCUT2D eigenvalue weighted by molar-refractivity contribution is 7.26. The van der Waals surface area contributed by atoms with Gasteiger partial charge in [0.05, 0.1) is 28.0 Å². The minimum Gasteiger partial charge on any atom is -0.358 e. The molecular formula is C44H28N4S2. The summed E-state index contributed by atoms with van der Waals surface area (Å²) in [6, 6.07) is 55.3. The van der Waals surface area contributed by atoms with E-state index in [1.54, 1.807) is 0 Å². The third-order valence-electron chi connectivity index (χ3n) is 9.37. The number of hydrogen-bond acceptors (Lipinski definition) is 6. The van der Waals surface area contributed by atoms with Crippen LogP contribution in [0.3, 0.4) is 0 Å². The van der Waals surface area contributed by atoms with Crippen LogP contribution in [0.5, 0.6) is 0 Å². The molecule has 9 aromatic rings. The third-order valence-corrected chi connectivity index (χ3v) is 11.7. The van der Waals surface area contributed by atoms with Crippen molar-refractivity contribution in [2.24, 2.45) is 4.99 Å². The minimum absolute atomic E-state index is 0.000603. The minimum atomic E-state index is 0.000603. The van der Waals surface area contributed by atoms with Gasteiger partial charge < -0.3 is 5.32 Å². The van der Waals surface area contributed by atoms with Gasteiger partial charge in [-0.3, -0.25) is 0 Å². The van der Waals surface area contributed by atoms with Crippen molar-refractivity contribution in [1.29, 1.82) is 0 Å². The summed E-state index contributed by atoms with van der Waals surface area (Å²) in [5, 5.41) is 7.49. The van der Waals surface area contributed by atoms with Crippen molar-refractivity contribution < 1.29 is 0 Å². The number of fused-ring (bicyclic) bond motifs is 6. The molecule has 1 atom stereocenters. The van der Waals surface area contributed by atoms with Gasteiger partial charge in [-0.1, -0.05) is 127 Å². The van der Waals surface area contributed by atoms with Crippen LogP contribution in [-0.4, -0.2) is 15.8 Å². The molecule has 0 amide bonds. The molecule has 3 aromatic heterocycles. The summed E-state index contributed by atoms with van der Waals surface area (Å²) < 4.78 is 3.71. The van der Waals surface area contributed by atoms with Gasteiger partial charge in [-0.2, -0.15) is 0 Å². The first-order valence-corrected chi connectivity index (χ1v) is 18.3. The predicted molar refractivity (Wildman–Crippen MR) is 211 cm³/mol. The van der Waals surface area contributed by atoms with Gasteiger partial charge in [0, 0.05) is 52.5 Å². The maximum atomic E-state index is 5.39. The summed E-state index contributed by atoms with van der Waals surface area (Å²) >= 11 is 3.64. The van der Waals surface area contributed by atoms with Gasteiger partial charge in [-0.25, -0.2) is 15.0 Å². The van der Waals surface area contributed by atoms with Crippen molar-refractivity contribution >= 4 is 64.5 Å². The number of aromatic nitrogens is 2. The average molecular weight is 677 g/mol. The third kappa shape index (κ3) is 4.92. The highest BCUT2D eigenvalue weighted by Crippen LogP contribution is 2.47. The van der Waals surface area contributed by atoms with E-state index in [1.807, 2.05) is 46.9 Å². The number of rotatable bonds is 5. The lowest BCUT2D eigenvalue weighted by molar-refractivity contribution is 0.766. The lowest BCUT2D eigenvalue weighted by Gasteiger charge is -2.26. The Bertz CT molecular complexity index is 2670. The molecule has 0 saturated heterocycles. The molecule has 1 unspecified atom stereocenters. The van der Waals surface area contributed by atoms with Gasteiger partial charge in [-0.05, 0) is 35.9 Å². The molecule has 1 aliphatic heterocycles. The maximum Gasteiger partial charge on any atom is 0.160 e. The molecule has 50 heavy (non-hydrogen) atoms. The molecule has 6 aromatic carbocycles. The highest BCUT2D eigenvalue weighted by Gasteiger charge is 2.29. The zero-order valence-corrected chi connectivity index (χ0v) is 28.4. The molecule has 236 valence electrons. The Morgan fingerprint density at radius 2 is 1.16 bits per heavy atom. The highest BCUT2D eigenvalue weighted by atomic mass is 32.1. The molecule has 0 radical (unpaired) electrons. The molecule has 1 aliphatic rings. The maximum absolute atomic E-state index is 5.39. The van der Waals surface area contributed by atoms with Crippen molar-refractivity contribution in [2.75, 3.05) is 0 Å². The van der Waals surface area contributed by atoms with E-state index in [-0.39, 0.29) is 6.04 Å². The van der Waals surface area contributed by atoms with Crippen LogP contribution in [0, 0.1) is 0 Å². The van der Waals surface area contributed by atoms with Gasteiger partial charge in [-0.15, -0.1) is 22.7 Å². The normalized spacial score (nSPS) is 14.1. The van der Waals surface area contributed by atoms with Crippen LogP contribution in [0.4, 0.5) is 5.69 Å². The molecule has 0 bridgehead atoms. The van der Waals surface area contributed by atoms with Crippen molar-refractivity contribution in [3.63, 3.8) is 0 Å². The van der Waals surface area contributed by atoms with Gasteiger partial charge in [0.2, 0.25) is 0 Å². The van der Waals surface area contributed by atoms with E-state index in [0.717, 1.165) is 45.2 Å². The first kappa shape index (κ1) is 29.0. The molecule has 1 N–H and O–H groups in total. The standard InChI is InChI=1S/C44H28N4S2/c1-4-13-27(14-5-1)34-26-35(46-43(45-34)29-17-8-3-9-18-29)30-23-24-37-33(25-30)39-32(20-12-22-38(39)49-37)44-47-40(28-15-6-2-7-16-28)42-41(48-44)31-19-10-11-21-36(31)50-42/h1-26,40H,(H,47,48). The second-order valence-electron chi connectivity index (χ2n) is 12.4. The second-order valence-corrected chi connectivity index (χ2v) is 14.6. The molecule has 0 aliphatic carbocycles. The van der Waals surface area contributed by atoms with Crippen molar-refractivity contribution in [2.45, 2.75) is 6.04 Å². The Morgan fingerprint density at radius 1 is 0.500 bits per heavy atom. The first-order valence-electron chi connectivity index (χ1n) is 16.6. The zero-order valence-electron chi connectivity index (χ0n) is 26.7. The fraction of sp³-hybridized carbons (Fsp3) is 0.0227. The lowest BCUT2D eigenvalue weighted by Crippen LogP contribution is -2.32. The van der Waals surface area contributed by atoms with E-state index in [4.69, 9.17) is 15.0 Å². The first-order chi connectivity index (χ1) is 24.8. The Hall–Kier alpha value is -5.95. The fourth-order valence-corrected chi connectivity index (χ4v) is 9.31. The molecule has 4 nitrogen and oxygen atoms in total. The molecule has 0 saturated carbocycles. The SMILES string of the molecule is c1ccc(-c2cc(-c3ccc4sc5cccc(C6=Nc7c(sc8ccccc78)C(c7ccccc7)N6)c5c4c3)nc(-c3ccccc3)n2)cc1. The predicted octanol–water partition coefficient (Wildman–Crippen LogP) is 11.8. The summed E-state index contributed by atoms with van der Waals surface area (Å²) in [4.78, 5) is 16.8. The van der Waals surface area contributed by atoms with Gasteiger partial charge in [0.1, 0.15) is 5.84 Å². The van der Waals surface area contributed by atoms with E-state index in [1.165, 1.54) is 40.7 Å². The Labute approximate surface area is 297 Å². The van der Waals surface area contributed by atoms with Gasteiger partial charge in [0.25, 0.3) is 0 Å². The lowest BCUT2D eigenvalue weighted by atomic mass is 9.98. The quantitative estimate of drug-likeness (QED) is 0.197. The van der Waals surface area contributed by atoms with E-state index < -0.39 is 0 Å². The van der Waals surface area contributed by atoms with Gasteiger partial charge >= 0.3 is 0 Å². The van der Waals surface area contributed by atoms with Crippen LogP contribution in [0.25, 0.3) is 64.2 Å². The van der Waals surface area contributed by atoms with E-state index in [0.29, 0.717) is 5.82 Å². The summed E-state index contributed by atoms with van der Waals surface area (Å²) in [5.41, 5.74) is 8.29. The van der Waals surface area contributed by atoms with Crippen LogP contribution >= 0.6 is 22.7 Å². The summed E-state index contributed by atoms with van der Waals surface area (Å²) in [6.07, 6.45) is 0. The molecule has 10 rings (SSSR count). The Balaban J connectivity index is 1.16. The molecule has 0 spiro atoms. The van der Waals surface area contributed by atoms with Crippen LogP contribution in [0.2, 0.25) is 0 Å². The topological polar surface area (TPSA) is 50.2 Å². The largest absolute Gasteiger partial charge is 0.358 e. The Morgan fingerprint density at radius 3 is 1.96 bits per heavy atom. The van der Waals surface area contributed by atoms with Crippen molar-refractivity contribution in [3.05, 3.63) is 174 Å². The molecule has 4 heterocycles. The fourth-order valence-electron chi connectivity index (χ4n) is 6.98. The summed E-state index contributed by atoms with van der Waals surface area (Å²) in [5.74, 6) is 1.61. The molecule has 0 fully saturated rings. The number of nitrogens with zero attached hydrogens (tertiary/aromatic N) is 3. The monoisotopic (exact) mass is 676 g/mol. The van der Waals surface area contributed by atoms with Crippen molar-refractivity contribution in [3.8, 4) is 33.9 Å². The number of benzene rings is 6. The zero-order chi connectivity index (χ0) is 33.0. The van der Waals surface area contributed by atoms with Crippen LogP contribution in [0.1, 0.15) is 22.0 Å². The number of hydrogen-bond donors (Lipinski definition) is 1. The smallest absolute Gasteiger partial charge is 0.160 e. The molecule has 6 heteroatoms. The van der Waals surface area contributed by atoms with Crippen molar-refractivity contribution in [1.82, 2.24) is 15.3 Å². The average Bonchev–Trinajstić information content (AvgIpc) is 3.76. The Kier molecular flexibility index (Phi) is 6.89. The number of nitrogens with one attached hydrogen (secondary N) is 1. The summed E-state index contributed by atoms with van der Waals surface area (Å²) in [6.45, 7) is 0. The van der Waals surface area contributed by atoms with Crippen LogP contribution in [-0.2, 0) is 0 Å². The molecular weight excluding hydrogens is 649 g/mol. The summed E-state index contributed by atoms with van der Waals surface area (Å²) in [7, 11) is 0. The number of thiophene rings is 2. The van der Waals surface area contributed by atoms with E-state index >= 15 is 0 Å². The number of amidine groups is 1.